The fraction of sp³-hybridized carbons (Fsp3) is 0.727. The lowest BCUT2D eigenvalue weighted by Crippen LogP contribution is -2.54. The van der Waals surface area contributed by atoms with Gasteiger partial charge in [0.2, 0.25) is 0 Å². The van der Waals surface area contributed by atoms with Crippen LogP contribution in [-0.4, -0.2) is 46.4 Å². The highest BCUT2D eigenvalue weighted by Crippen LogP contribution is 2.41. The summed E-state index contributed by atoms with van der Waals surface area (Å²) in [5, 5.41) is 22.3. The normalized spacial score (nSPS) is 38.2. The maximum absolute atomic E-state index is 9.95. The van der Waals surface area contributed by atoms with Crippen molar-refractivity contribution in [2.45, 2.75) is 76.6 Å². The van der Waals surface area contributed by atoms with Crippen LogP contribution in [0.2, 0.25) is 0 Å². The van der Waals surface area contributed by atoms with Crippen molar-refractivity contribution in [1.82, 2.24) is 10.2 Å². The van der Waals surface area contributed by atoms with Gasteiger partial charge in [-0.3, -0.25) is 10.4 Å². The van der Waals surface area contributed by atoms with Crippen LogP contribution < -0.4 is 11.1 Å². The van der Waals surface area contributed by atoms with Crippen LogP contribution in [0.15, 0.2) is 29.0 Å². The summed E-state index contributed by atoms with van der Waals surface area (Å²) in [4.78, 5) is 7.05. The van der Waals surface area contributed by atoms with Crippen LogP contribution in [0.25, 0.3) is 0 Å². The maximum atomic E-state index is 9.95. The number of aliphatic hydroxyl groups excluding tert-OH is 1. The molecule has 0 aromatic rings. The fourth-order valence-corrected chi connectivity index (χ4v) is 5.63. The van der Waals surface area contributed by atoms with Gasteiger partial charge in [-0.25, -0.2) is 0 Å². The summed E-state index contributed by atoms with van der Waals surface area (Å²) in [6.07, 6.45) is 10.0. The number of aliphatic hydroxyl groups is 1. The highest BCUT2D eigenvalue weighted by Gasteiger charge is 2.47. The lowest BCUT2D eigenvalue weighted by atomic mass is 9.77. The van der Waals surface area contributed by atoms with Crippen LogP contribution in [-0.2, 0) is 0 Å². The van der Waals surface area contributed by atoms with E-state index < -0.39 is 0 Å². The van der Waals surface area contributed by atoms with Crippen LogP contribution in [0.5, 0.6) is 0 Å². The van der Waals surface area contributed by atoms with Crippen molar-refractivity contribution in [3.05, 3.63) is 24.0 Å². The van der Waals surface area contributed by atoms with E-state index in [2.05, 4.69) is 24.9 Å². The summed E-state index contributed by atoms with van der Waals surface area (Å²) in [6.45, 7) is 6.92. The van der Waals surface area contributed by atoms with Crippen molar-refractivity contribution < 1.29 is 5.11 Å². The molecule has 2 fully saturated rings. The molecule has 0 spiro atoms. The van der Waals surface area contributed by atoms with Gasteiger partial charge in [0, 0.05) is 24.2 Å². The van der Waals surface area contributed by atoms with Crippen LogP contribution >= 0.6 is 0 Å². The van der Waals surface area contributed by atoms with E-state index in [0.717, 1.165) is 63.7 Å². The van der Waals surface area contributed by atoms with Crippen molar-refractivity contribution in [3.63, 3.8) is 0 Å². The maximum Gasteiger partial charge on any atom is 0.130 e. The standard InChI is InChI=1S/C22H35N5O/c1-3-27-13(2)25-22-20(21(27)24)18(11-14-5-4-6-16(23)9-14)19(26-22)12-15-7-8-17(28)10-15/h5,15-18,20,22,24-25,28H,2-4,6-12,23H2,1H3/t15-,16?,17+,18?,20?,22?/m1/s1. The van der Waals surface area contributed by atoms with Crippen molar-refractivity contribution in [2.75, 3.05) is 6.54 Å². The molecule has 0 radical (unpaired) electrons. The molecule has 0 bridgehead atoms. The molecule has 4 unspecified atom stereocenters. The van der Waals surface area contributed by atoms with E-state index in [1.165, 1.54) is 11.3 Å². The summed E-state index contributed by atoms with van der Waals surface area (Å²) in [7, 11) is 0. The number of fused-ring (bicyclic) bond motifs is 1. The van der Waals surface area contributed by atoms with E-state index in [9.17, 15) is 5.11 Å². The molecule has 6 heteroatoms. The second-order valence-corrected chi connectivity index (χ2v) is 9.06. The Labute approximate surface area is 168 Å². The molecule has 6 nitrogen and oxygen atoms in total. The zero-order valence-electron chi connectivity index (χ0n) is 17.0. The Balaban J connectivity index is 1.57. The van der Waals surface area contributed by atoms with Gasteiger partial charge in [-0.15, -0.1) is 0 Å². The Hall–Kier alpha value is -1.66. The molecule has 28 heavy (non-hydrogen) atoms. The van der Waals surface area contributed by atoms with Gasteiger partial charge in [0.25, 0.3) is 0 Å². The van der Waals surface area contributed by atoms with Crippen LogP contribution in [0.3, 0.4) is 0 Å². The highest BCUT2D eigenvalue weighted by molar-refractivity contribution is 5.97. The van der Waals surface area contributed by atoms with Crippen LogP contribution in [0.1, 0.15) is 58.3 Å². The topological polar surface area (TPSA) is 97.7 Å². The molecular weight excluding hydrogens is 350 g/mol. The fourth-order valence-electron chi connectivity index (χ4n) is 5.63. The number of aliphatic imine (C=N–C) groups is 1. The van der Waals surface area contributed by atoms with Crippen molar-refractivity contribution in [2.24, 2.45) is 28.5 Å². The second-order valence-electron chi connectivity index (χ2n) is 9.06. The Morgan fingerprint density at radius 2 is 2.18 bits per heavy atom. The molecule has 1 saturated carbocycles. The van der Waals surface area contributed by atoms with Crippen LogP contribution in [0, 0.1) is 23.2 Å². The monoisotopic (exact) mass is 385 g/mol. The number of amidine groups is 1. The lowest BCUT2D eigenvalue weighted by molar-refractivity contribution is 0.178. The SMILES string of the molecule is C=C1NC2N=C(C[C@@H]3CC[C@H](O)C3)C(CC3=CCCC(N)C3)C2C(=N)N1CC. The first-order valence-corrected chi connectivity index (χ1v) is 11.0. The number of nitrogens with one attached hydrogen (secondary N) is 2. The van der Waals surface area contributed by atoms with E-state index in [1.54, 1.807) is 0 Å². The van der Waals surface area contributed by atoms with Crippen molar-refractivity contribution in [3.8, 4) is 0 Å². The first-order chi connectivity index (χ1) is 13.5. The molecule has 1 saturated heterocycles. The largest absolute Gasteiger partial charge is 0.393 e. The molecule has 0 aromatic carbocycles. The molecule has 4 aliphatic rings. The average Bonchev–Trinajstić information content (AvgIpc) is 3.19. The molecular formula is C22H35N5O. The number of allylic oxidation sites excluding steroid dienone is 1. The van der Waals surface area contributed by atoms with Gasteiger partial charge in [0.05, 0.1) is 12.0 Å². The van der Waals surface area contributed by atoms with Gasteiger partial charge in [-0.2, -0.15) is 0 Å². The second kappa shape index (κ2) is 7.99. The highest BCUT2D eigenvalue weighted by atomic mass is 16.3. The van der Waals surface area contributed by atoms with E-state index in [0.29, 0.717) is 11.8 Å². The third kappa shape index (κ3) is 3.77. The molecule has 154 valence electrons. The zero-order chi connectivity index (χ0) is 19.8. The summed E-state index contributed by atoms with van der Waals surface area (Å²) in [5.41, 5.74) is 8.90. The summed E-state index contributed by atoms with van der Waals surface area (Å²) in [5.74, 6) is 2.26. The molecule has 0 aromatic heterocycles. The predicted molar refractivity (Wildman–Crippen MR) is 113 cm³/mol. The minimum Gasteiger partial charge on any atom is -0.393 e. The van der Waals surface area contributed by atoms with Gasteiger partial charge >= 0.3 is 0 Å². The summed E-state index contributed by atoms with van der Waals surface area (Å²) < 4.78 is 0. The Morgan fingerprint density at radius 1 is 1.36 bits per heavy atom. The zero-order valence-corrected chi connectivity index (χ0v) is 17.0. The number of rotatable bonds is 5. The molecule has 4 rings (SSSR count). The van der Waals surface area contributed by atoms with Crippen LogP contribution in [0.4, 0.5) is 0 Å². The molecule has 0 amide bonds. The van der Waals surface area contributed by atoms with E-state index in [1.807, 2.05) is 4.90 Å². The summed E-state index contributed by atoms with van der Waals surface area (Å²) >= 11 is 0. The predicted octanol–water partition coefficient (Wildman–Crippen LogP) is 2.75. The molecule has 5 N–H and O–H groups in total. The number of hydrogen-bond acceptors (Lipinski definition) is 5. The molecule has 2 aliphatic heterocycles. The van der Waals surface area contributed by atoms with Crippen molar-refractivity contribution in [1.29, 1.82) is 5.41 Å². The van der Waals surface area contributed by atoms with E-state index in [-0.39, 0.29) is 30.1 Å². The minimum absolute atomic E-state index is 0.0610. The van der Waals surface area contributed by atoms with E-state index in [4.69, 9.17) is 16.1 Å². The van der Waals surface area contributed by atoms with Gasteiger partial charge < -0.3 is 21.1 Å². The van der Waals surface area contributed by atoms with Gasteiger partial charge in [0.1, 0.15) is 17.8 Å². The van der Waals surface area contributed by atoms with Gasteiger partial charge in [0.15, 0.2) is 0 Å². The smallest absolute Gasteiger partial charge is 0.130 e. The first-order valence-electron chi connectivity index (χ1n) is 11.0. The van der Waals surface area contributed by atoms with E-state index >= 15 is 0 Å². The number of nitrogens with zero attached hydrogens (tertiary/aromatic N) is 2. The summed E-state index contributed by atoms with van der Waals surface area (Å²) in [6, 6.07) is 0.262. The number of hydrogen-bond donors (Lipinski definition) is 4. The minimum atomic E-state index is -0.154. The average molecular weight is 386 g/mol. The molecule has 2 heterocycles. The Kier molecular flexibility index (Phi) is 5.61. The molecule has 6 atom stereocenters. The number of nitrogens with two attached hydrogens (primary N) is 1. The Bertz CT molecular complexity index is 699. The third-order valence-corrected chi connectivity index (χ3v) is 7.06. The lowest BCUT2D eigenvalue weighted by Gasteiger charge is -2.40. The Morgan fingerprint density at radius 3 is 2.86 bits per heavy atom. The van der Waals surface area contributed by atoms with Gasteiger partial charge in [-0.05, 0) is 64.2 Å². The third-order valence-electron chi connectivity index (χ3n) is 7.06. The quantitative estimate of drug-likeness (QED) is 0.547. The van der Waals surface area contributed by atoms with Gasteiger partial charge in [-0.1, -0.05) is 18.2 Å². The first kappa shape index (κ1) is 19.6. The van der Waals surface area contributed by atoms with Crippen molar-refractivity contribution >= 4 is 11.5 Å². The molecule has 2 aliphatic carbocycles.